The summed E-state index contributed by atoms with van der Waals surface area (Å²) in [5.41, 5.74) is 7.73. The standard InChI is InChI=1S/C14H19N3O2/c1-4-5-12-13(15)14(18)17(16(12)2)10-6-8-11(19-3)9-7-10/h6-9H,4-5,15H2,1-3H3. The fraction of sp³-hybridized carbons (Fsp3) is 0.357. The second-order valence-corrected chi connectivity index (χ2v) is 4.45. The number of benzene rings is 1. The lowest BCUT2D eigenvalue weighted by atomic mass is 10.2. The Morgan fingerprint density at radius 3 is 2.42 bits per heavy atom. The highest BCUT2D eigenvalue weighted by atomic mass is 16.5. The molecular formula is C14H19N3O2. The molecule has 0 aliphatic heterocycles. The highest BCUT2D eigenvalue weighted by Crippen LogP contribution is 2.17. The van der Waals surface area contributed by atoms with Crippen LogP contribution in [0.2, 0.25) is 0 Å². The molecule has 2 rings (SSSR count). The minimum Gasteiger partial charge on any atom is -0.497 e. The molecule has 2 aromatic rings. The maximum absolute atomic E-state index is 12.2. The average molecular weight is 261 g/mol. The molecule has 0 unspecified atom stereocenters. The molecule has 5 heteroatoms. The molecule has 2 N–H and O–H groups in total. The number of nitrogen functional groups attached to an aromatic ring is 1. The normalized spacial score (nSPS) is 10.7. The lowest BCUT2D eigenvalue weighted by Crippen LogP contribution is -2.20. The van der Waals surface area contributed by atoms with Crippen molar-refractivity contribution in [2.75, 3.05) is 12.8 Å². The monoisotopic (exact) mass is 261 g/mol. The third kappa shape index (κ3) is 2.23. The first kappa shape index (κ1) is 13.3. The Kier molecular flexibility index (Phi) is 3.64. The Labute approximate surface area is 112 Å². The zero-order valence-corrected chi connectivity index (χ0v) is 11.5. The van der Waals surface area contributed by atoms with E-state index in [-0.39, 0.29) is 5.56 Å². The second-order valence-electron chi connectivity index (χ2n) is 4.45. The van der Waals surface area contributed by atoms with Crippen molar-refractivity contribution in [1.29, 1.82) is 0 Å². The van der Waals surface area contributed by atoms with Crippen LogP contribution >= 0.6 is 0 Å². The lowest BCUT2D eigenvalue weighted by molar-refractivity contribution is 0.414. The number of methoxy groups -OCH3 is 1. The van der Waals surface area contributed by atoms with Crippen molar-refractivity contribution in [3.63, 3.8) is 0 Å². The van der Waals surface area contributed by atoms with Crippen LogP contribution in [0, 0.1) is 0 Å². The van der Waals surface area contributed by atoms with Gasteiger partial charge in [-0.2, -0.15) is 0 Å². The van der Waals surface area contributed by atoms with E-state index < -0.39 is 0 Å². The van der Waals surface area contributed by atoms with E-state index in [0.29, 0.717) is 5.69 Å². The van der Waals surface area contributed by atoms with Crippen LogP contribution in [0.25, 0.3) is 5.69 Å². The van der Waals surface area contributed by atoms with Gasteiger partial charge in [-0.3, -0.25) is 9.48 Å². The van der Waals surface area contributed by atoms with Crippen molar-refractivity contribution < 1.29 is 4.74 Å². The smallest absolute Gasteiger partial charge is 0.294 e. The summed E-state index contributed by atoms with van der Waals surface area (Å²) in [6.45, 7) is 2.06. The maximum atomic E-state index is 12.2. The topological polar surface area (TPSA) is 62.2 Å². The van der Waals surface area contributed by atoms with E-state index in [1.807, 2.05) is 36.0 Å². The largest absolute Gasteiger partial charge is 0.497 e. The molecule has 0 amide bonds. The van der Waals surface area contributed by atoms with Gasteiger partial charge in [-0.15, -0.1) is 0 Å². The summed E-state index contributed by atoms with van der Waals surface area (Å²) in [5.74, 6) is 0.757. The number of nitrogens with zero attached hydrogens (tertiary/aromatic N) is 2. The molecule has 5 nitrogen and oxygen atoms in total. The summed E-state index contributed by atoms with van der Waals surface area (Å²) in [6, 6.07) is 7.33. The number of hydrogen-bond acceptors (Lipinski definition) is 3. The molecule has 0 saturated carbocycles. The molecule has 1 aromatic carbocycles. The Morgan fingerprint density at radius 1 is 1.26 bits per heavy atom. The number of rotatable bonds is 4. The van der Waals surface area contributed by atoms with Crippen LogP contribution in [0.15, 0.2) is 29.1 Å². The van der Waals surface area contributed by atoms with Crippen molar-refractivity contribution in [2.45, 2.75) is 19.8 Å². The first-order chi connectivity index (χ1) is 9.10. The SMILES string of the molecule is CCCc1c(N)c(=O)n(-c2ccc(OC)cc2)n1C. The fourth-order valence-corrected chi connectivity index (χ4v) is 2.22. The number of nitrogens with two attached hydrogens (primary N) is 1. The van der Waals surface area contributed by atoms with Gasteiger partial charge in [0.2, 0.25) is 0 Å². The van der Waals surface area contributed by atoms with Crippen molar-refractivity contribution in [2.24, 2.45) is 7.05 Å². The molecule has 0 saturated heterocycles. The molecule has 0 bridgehead atoms. The molecular weight excluding hydrogens is 242 g/mol. The zero-order valence-electron chi connectivity index (χ0n) is 11.5. The number of hydrogen-bond donors (Lipinski definition) is 1. The van der Waals surface area contributed by atoms with Crippen molar-refractivity contribution in [3.8, 4) is 11.4 Å². The molecule has 0 fully saturated rings. The molecule has 0 aliphatic carbocycles. The predicted molar refractivity (Wildman–Crippen MR) is 76.0 cm³/mol. The summed E-state index contributed by atoms with van der Waals surface area (Å²) in [5, 5.41) is 0. The highest BCUT2D eigenvalue weighted by Gasteiger charge is 2.15. The van der Waals surface area contributed by atoms with E-state index >= 15 is 0 Å². The van der Waals surface area contributed by atoms with Crippen LogP contribution in [0.5, 0.6) is 5.75 Å². The minimum atomic E-state index is -0.170. The van der Waals surface area contributed by atoms with E-state index in [4.69, 9.17) is 10.5 Å². The highest BCUT2D eigenvalue weighted by molar-refractivity contribution is 5.46. The van der Waals surface area contributed by atoms with Crippen molar-refractivity contribution >= 4 is 5.69 Å². The Bertz CT molecular complexity index is 623. The Hall–Kier alpha value is -2.17. The lowest BCUT2D eigenvalue weighted by Gasteiger charge is -2.10. The van der Waals surface area contributed by atoms with Crippen LogP contribution in [0.3, 0.4) is 0 Å². The van der Waals surface area contributed by atoms with Crippen LogP contribution in [0.4, 0.5) is 5.69 Å². The van der Waals surface area contributed by atoms with Gasteiger partial charge in [0, 0.05) is 7.05 Å². The summed E-state index contributed by atoms with van der Waals surface area (Å²) in [6.07, 6.45) is 1.74. The van der Waals surface area contributed by atoms with Gasteiger partial charge in [-0.25, -0.2) is 4.68 Å². The third-order valence-electron chi connectivity index (χ3n) is 3.23. The Balaban J connectivity index is 2.55. The summed E-state index contributed by atoms with van der Waals surface area (Å²) in [4.78, 5) is 12.2. The van der Waals surface area contributed by atoms with Crippen molar-refractivity contribution in [1.82, 2.24) is 9.36 Å². The Morgan fingerprint density at radius 2 is 1.89 bits per heavy atom. The first-order valence-electron chi connectivity index (χ1n) is 6.31. The molecule has 1 aromatic heterocycles. The minimum absolute atomic E-state index is 0.170. The van der Waals surface area contributed by atoms with E-state index in [1.165, 1.54) is 0 Å². The predicted octanol–water partition coefficient (Wildman–Crippen LogP) is 1.72. The van der Waals surface area contributed by atoms with Crippen molar-refractivity contribution in [3.05, 3.63) is 40.3 Å². The van der Waals surface area contributed by atoms with E-state index in [2.05, 4.69) is 6.92 Å². The van der Waals surface area contributed by atoms with Gasteiger partial charge in [0.05, 0.1) is 18.5 Å². The quantitative estimate of drug-likeness (QED) is 0.911. The van der Waals surface area contributed by atoms with Crippen LogP contribution in [-0.4, -0.2) is 16.5 Å². The van der Waals surface area contributed by atoms with Gasteiger partial charge < -0.3 is 10.5 Å². The van der Waals surface area contributed by atoms with E-state index in [9.17, 15) is 4.79 Å². The zero-order chi connectivity index (χ0) is 14.0. The number of ether oxygens (including phenoxy) is 1. The van der Waals surface area contributed by atoms with Gasteiger partial charge >= 0.3 is 0 Å². The molecule has 0 aliphatic rings. The summed E-state index contributed by atoms with van der Waals surface area (Å²) >= 11 is 0. The maximum Gasteiger partial charge on any atom is 0.294 e. The summed E-state index contributed by atoms with van der Waals surface area (Å²) in [7, 11) is 3.47. The molecule has 0 radical (unpaired) electrons. The number of aromatic nitrogens is 2. The van der Waals surface area contributed by atoms with E-state index in [0.717, 1.165) is 30.0 Å². The third-order valence-corrected chi connectivity index (χ3v) is 3.23. The molecule has 102 valence electrons. The number of anilines is 1. The van der Waals surface area contributed by atoms with Gasteiger partial charge in [0.25, 0.3) is 5.56 Å². The fourth-order valence-electron chi connectivity index (χ4n) is 2.22. The molecule has 1 heterocycles. The first-order valence-corrected chi connectivity index (χ1v) is 6.31. The van der Waals surface area contributed by atoms with E-state index in [1.54, 1.807) is 11.8 Å². The average Bonchev–Trinajstić information content (AvgIpc) is 2.64. The molecule has 0 atom stereocenters. The van der Waals surface area contributed by atoms with Gasteiger partial charge in [0.1, 0.15) is 11.4 Å². The van der Waals surface area contributed by atoms with Gasteiger partial charge in [-0.05, 0) is 30.7 Å². The van der Waals surface area contributed by atoms with Gasteiger partial charge in [0.15, 0.2) is 0 Å². The van der Waals surface area contributed by atoms with Crippen LogP contribution in [-0.2, 0) is 13.5 Å². The molecule has 0 spiro atoms. The van der Waals surface area contributed by atoms with Crippen LogP contribution in [0.1, 0.15) is 19.0 Å². The second kappa shape index (κ2) is 5.22. The summed E-state index contributed by atoms with van der Waals surface area (Å²) < 4.78 is 8.52. The van der Waals surface area contributed by atoms with Gasteiger partial charge in [-0.1, -0.05) is 13.3 Å². The molecule has 19 heavy (non-hydrogen) atoms. The van der Waals surface area contributed by atoms with Crippen LogP contribution < -0.4 is 16.0 Å².